The third-order valence-corrected chi connectivity index (χ3v) is 6.89. The average Bonchev–Trinajstić information content (AvgIpc) is 3.50. The standard InChI is InChI=1S/C22H28ClN5O2/c23-19-13-24-28(15-19)21(29)27-8-6-22(17-27)5-7-25(16-22)14-18-1-3-20(4-2-18)26-9-11-30-12-10-26/h1-4,13,15H,5-12,14,16-17H2. The molecule has 7 nitrogen and oxygen atoms in total. The van der Waals surface area contributed by atoms with E-state index in [-0.39, 0.29) is 11.4 Å². The Morgan fingerprint density at radius 2 is 1.83 bits per heavy atom. The van der Waals surface area contributed by atoms with Crippen LogP contribution in [0.1, 0.15) is 18.4 Å². The lowest BCUT2D eigenvalue weighted by atomic mass is 9.86. The van der Waals surface area contributed by atoms with Crippen molar-refractivity contribution in [1.82, 2.24) is 19.6 Å². The van der Waals surface area contributed by atoms with Gasteiger partial charge in [0.05, 0.1) is 30.6 Å². The van der Waals surface area contributed by atoms with Crippen molar-refractivity contribution in [3.05, 3.63) is 47.2 Å². The topological polar surface area (TPSA) is 53.8 Å². The second-order valence-electron chi connectivity index (χ2n) is 8.78. The first-order valence-corrected chi connectivity index (χ1v) is 11.1. The summed E-state index contributed by atoms with van der Waals surface area (Å²) in [6, 6.07) is 8.90. The van der Waals surface area contributed by atoms with E-state index < -0.39 is 0 Å². The molecule has 3 aliphatic heterocycles. The molecule has 1 aromatic carbocycles. The fourth-order valence-corrected chi connectivity index (χ4v) is 5.17. The molecule has 0 bridgehead atoms. The van der Waals surface area contributed by atoms with E-state index >= 15 is 0 Å². The molecule has 30 heavy (non-hydrogen) atoms. The van der Waals surface area contributed by atoms with Crippen LogP contribution in [0.5, 0.6) is 0 Å². The first kappa shape index (κ1) is 19.8. The van der Waals surface area contributed by atoms with Crippen LogP contribution >= 0.6 is 11.6 Å². The van der Waals surface area contributed by atoms with Crippen LogP contribution in [0.15, 0.2) is 36.7 Å². The van der Waals surface area contributed by atoms with Gasteiger partial charge in [-0.1, -0.05) is 23.7 Å². The third kappa shape index (κ3) is 4.06. The van der Waals surface area contributed by atoms with Crippen molar-refractivity contribution in [2.24, 2.45) is 5.41 Å². The van der Waals surface area contributed by atoms with Gasteiger partial charge in [0, 0.05) is 50.4 Å². The van der Waals surface area contributed by atoms with E-state index in [9.17, 15) is 4.79 Å². The van der Waals surface area contributed by atoms with Crippen LogP contribution < -0.4 is 4.90 Å². The SMILES string of the molecule is O=C(N1CCC2(CCN(Cc3ccc(N4CCOCC4)cc3)C2)C1)n1cc(Cl)cn1. The van der Waals surface area contributed by atoms with Crippen molar-refractivity contribution in [2.75, 3.05) is 57.4 Å². The highest BCUT2D eigenvalue weighted by molar-refractivity contribution is 6.30. The molecule has 1 amide bonds. The molecule has 160 valence electrons. The number of nitrogens with zero attached hydrogens (tertiary/aromatic N) is 5. The minimum absolute atomic E-state index is 0.0732. The lowest BCUT2D eigenvalue weighted by molar-refractivity contribution is 0.122. The minimum Gasteiger partial charge on any atom is -0.378 e. The Kier molecular flexibility index (Phi) is 5.43. The van der Waals surface area contributed by atoms with Gasteiger partial charge in [0.1, 0.15) is 0 Å². The van der Waals surface area contributed by atoms with Crippen LogP contribution in [0, 0.1) is 5.41 Å². The zero-order valence-corrected chi connectivity index (χ0v) is 17.9. The second kappa shape index (κ2) is 8.21. The van der Waals surface area contributed by atoms with E-state index in [0.29, 0.717) is 5.02 Å². The van der Waals surface area contributed by atoms with E-state index in [0.717, 1.165) is 71.9 Å². The highest BCUT2D eigenvalue weighted by atomic mass is 35.5. The number of morpholine rings is 1. The summed E-state index contributed by atoms with van der Waals surface area (Å²) in [4.78, 5) is 19.5. The summed E-state index contributed by atoms with van der Waals surface area (Å²) in [6.07, 6.45) is 5.28. The van der Waals surface area contributed by atoms with Gasteiger partial charge in [-0.2, -0.15) is 9.78 Å². The number of amides is 1. The number of benzene rings is 1. The molecule has 2 aromatic rings. The molecule has 3 saturated heterocycles. The molecule has 3 fully saturated rings. The Bertz CT molecular complexity index is 895. The van der Waals surface area contributed by atoms with Crippen LogP contribution in [0.2, 0.25) is 5.02 Å². The van der Waals surface area contributed by atoms with Gasteiger partial charge in [0.2, 0.25) is 0 Å². The number of rotatable bonds is 3. The summed E-state index contributed by atoms with van der Waals surface area (Å²) in [5.41, 5.74) is 2.84. The summed E-state index contributed by atoms with van der Waals surface area (Å²) in [5, 5.41) is 4.55. The summed E-state index contributed by atoms with van der Waals surface area (Å²) >= 11 is 5.91. The fourth-order valence-electron chi connectivity index (χ4n) is 5.04. The number of ether oxygens (including phenoxy) is 1. The largest absolute Gasteiger partial charge is 0.378 e. The number of carbonyl (C=O) groups is 1. The van der Waals surface area contributed by atoms with Crippen LogP contribution in [0.4, 0.5) is 10.5 Å². The van der Waals surface area contributed by atoms with Crippen LogP contribution in [0.3, 0.4) is 0 Å². The van der Waals surface area contributed by atoms with E-state index in [1.165, 1.54) is 22.1 Å². The van der Waals surface area contributed by atoms with Gasteiger partial charge in [-0.15, -0.1) is 0 Å². The van der Waals surface area contributed by atoms with Crippen molar-refractivity contribution in [2.45, 2.75) is 19.4 Å². The fraction of sp³-hybridized carbons (Fsp3) is 0.545. The Balaban J connectivity index is 1.16. The zero-order chi connectivity index (χ0) is 20.6. The van der Waals surface area contributed by atoms with Gasteiger partial charge in [-0.25, -0.2) is 4.79 Å². The monoisotopic (exact) mass is 429 g/mol. The first-order chi connectivity index (χ1) is 14.6. The smallest absolute Gasteiger partial charge is 0.344 e. The molecule has 0 saturated carbocycles. The number of hydrogen-bond acceptors (Lipinski definition) is 5. The molecular weight excluding hydrogens is 402 g/mol. The molecule has 5 rings (SSSR count). The maximum atomic E-state index is 12.7. The molecule has 1 spiro atoms. The Hall–Kier alpha value is -2.09. The van der Waals surface area contributed by atoms with Crippen molar-refractivity contribution < 1.29 is 9.53 Å². The van der Waals surface area contributed by atoms with Gasteiger partial charge in [-0.3, -0.25) is 4.90 Å². The number of likely N-dealkylation sites (tertiary alicyclic amines) is 2. The molecule has 0 aliphatic carbocycles. The Morgan fingerprint density at radius 1 is 1.07 bits per heavy atom. The molecule has 1 atom stereocenters. The van der Waals surface area contributed by atoms with Gasteiger partial charge >= 0.3 is 6.03 Å². The van der Waals surface area contributed by atoms with Crippen molar-refractivity contribution in [3.8, 4) is 0 Å². The molecule has 3 aliphatic rings. The van der Waals surface area contributed by atoms with Crippen molar-refractivity contribution in [1.29, 1.82) is 0 Å². The summed E-state index contributed by atoms with van der Waals surface area (Å²) in [5.74, 6) is 0. The van der Waals surface area contributed by atoms with Gasteiger partial charge < -0.3 is 14.5 Å². The maximum absolute atomic E-state index is 12.7. The van der Waals surface area contributed by atoms with Crippen molar-refractivity contribution in [3.63, 3.8) is 0 Å². The number of hydrogen-bond donors (Lipinski definition) is 0. The first-order valence-electron chi connectivity index (χ1n) is 10.7. The van der Waals surface area contributed by atoms with Gasteiger partial charge in [-0.05, 0) is 37.1 Å². The van der Waals surface area contributed by atoms with Gasteiger partial charge in [0.15, 0.2) is 0 Å². The normalized spacial score (nSPS) is 24.8. The Morgan fingerprint density at radius 3 is 2.57 bits per heavy atom. The predicted molar refractivity (Wildman–Crippen MR) is 116 cm³/mol. The van der Waals surface area contributed by atoms with E-state index in [2.05, 4.69) is 39.2 Å². The average molecular weight is 430 g/mol. The molecular formula is C22H28ClN5O2. The Labute approximate surface area is 182 Å². The maximum Gasteiger partial charge on any atom is 0.344 e. The molecule has 0 N–H and O–H groups in total. The predicted octanol–water partition coefficient (Wildman–Crippen LogP) is 2.94. The van der Waals surface area contributed by atoms with E-state index in [1.807, 2.05) is 4.90 Å². The quantitative estimate of drug-likeness (QED) is 0.750. The molecule has 1 aromatic heterocycles. The lowest BCUT2D eigenvalue weighted by Crippen LogP contribution is -2.36. The molecule has 1 unspecified atom stereocenters. The van der Waals surface area contributed by atoms with E-state index in [1.54, 1.807) is 6.20 Å². The van der Waals surface area contributed by atoms with Crippen LogP contribution in [-0.4, -0.2) is 78.1 Å². The highest BCUT2D eigenvalue weighted by Gasteiger charge is 2.44. The van der Waals surface area contributed by atoms with E-state index in [4.69, 9.17) is 16.3 Å². The summed E-state index contributed by atoms with van der Waals surface area (Å²) in [6.45, 7) is 8.24. The second-order valence-corrected chi connectivity index (χ2v) is 9.22. The third-order valence-electron chi connectivity index (χ3n) is 6.69. The molecule has 4 heterocycles. The number of halogens is 1. The number of carbonyl (C=O) groups excluding carboxylic acids is 1. The minimum atomic E-state index is -0.0732. The lowest BCUT2D eigenvalue weighted by Gasteiger charge is -2.29. The zero-order valence-electron chi connectivity index (χ0n) is 17.2. The van der Waals surface area contributed by atoms with Gasteiger partial charge in [0.25, 0.3) is 0 Å². The summed E-state index contributed by atoms with van der Waals surface area (Å²) < 4.78 is 6.80. The van der Waals surface area contributed by atoms with Crippen molar-refractivity contribution >= 4 is 23.3 Å². The summed E-state index contributed by atoms with van der Waals surface area (Å²) in [7, 11) is 0. The number of anilines is 1. The number of aromatic nitrogens is 2. The molecule has 0 radical (unpaired) electrons. The van der Waals surface area contributed by atoms with Crippen LogP contribution in [-0.2, 0) is 11.3 Å². The highest BCUT2D eigenvalue weighted by Crippen LogP contribution is 2.40. The van der Waals surface area contributed by atoms with Crippen LogP contribution in [0.25, 0.3) is 0 Å². The molecule has 8 heteroatoms.